The van der Waals surface area contributed by atoms with Crippen molar-refractivity contribution in [1.29, 1.82) is 0 Å². The lowest BCUT2D eigenvalue weighted by Gasteiger charge is -2.39. The molecule has 4 rings (SSSR count). The lowest BCUT2D eigenvalue weighted by Crippen LogP contribution is -2.60. The maximum Gasteiger partial charge on any atom is 0.317 e. The SMILES string of the molecule is C=CCNC(=O)N1CCN2C(=O)c3cc(-c4ccsc4)ccc3NC(=O)[C@@H]2C1. The van der Waals surface area contributed by atoms with E-state index in [4.69, 9.17) is 0 Å². The Morgan fingerprint density at radius 1 is 1.29 bits per heavy atom. The van der Waals surface area contributed by atoms with Crippen LogP contribution in [0.1, 0.15) is 10.4 Å². The molecule has 1 fully saturated rings. The fraction of sp³-hybridized carbons (Fsp3) is 0.250. The number of piperazine rings is 1. The van der Waals surface area contributed by atoms with Gasteiger partial charge in [-0.2, -0.15) is 11.3 Å². The van der Waals surface area contributed by atoms with Gasteiger partial charge in [-0.15, -0.1) is 6.58 Å². The van der Waals surface area contributed by atoms with Gasteiger partial charge in [0.15, 0.2) is 0 Å². The van der Waals surface area contributed by atoms with E-state index in [1.807, 2.05) is 29.0 Å². The number of amides is 4. The van der Waals surface area contributed by atoms with Crippen LogP contribution >= 0.6 is 11.3 Å². The van der Waals surface area contributed by atoms with Gasteiger partial charge in [0.1, 0.15) is 6.04 Å². The number of nitrogens with one attached hydrogen (secondary N) is 2. The molecule has 0 unspecified atom stereocenters. The van der Waals surface area contributed by atoms with Crippen molar-refractivity contribution < 1.29 is 14.4 Å². The molecule has 4 amide bonds. The van der Waals surface area contributed by atoms with Crippen LogP contribution in [0.25, 0.3) is 11.1 Å². The van der Waals surface area contributed by atoms with Crippen molar-refractivity contribution in [2.75, 3.05) is 31.5 Å². The molecule has 7 nitrogen and oxygen atoms in total. The number of fused-ring (bicyclic) bond motifs is 2. The molecular weight excluding hydrogens is 376 g/mol. The number of hydrogen-bond acceptors (Lipinski definition) is 4. The van der Waals surface area contributed by atoms with Crippen molar-refractivity contribution >= 4 is 34.9 Å². The molecule has 3 heterocycles. The van der Waals surface area contributed by atoms with Crippen LogP contribution in [-0.2, 0) is 4.79 Å². The summed E-state index contributed by atoms with van der Waals surface area (Å²) in [6.07, 6.45) is 1.59. The van der Waals surface area contributed by atoms with Gasteiger partial charge in [0.05, 0.1) is 17.8 Å². The number of anilines is 1. The molecule has 28 heavy (non-hydrogen) atoms. The van der Waals surface area contributed by atoms with E-state index in [1.165, 1.54) is 0 Å². The fourth-order valence-electron chi connectivity index (χ4n) is 3.52. The maximum atomic E-state index is 13.2. The minimum atomic E-state index is -0.715. The van der Waals surface area contributed by atoms with Crippen molar-refractivity contribution in [1.82, 2.24) is 15.1 Å². The Morgan fingerprint density at radius 2 is 2.14 bits per heavy atom. The molecule has 0 aliphatic carbocycles. The summed E-state index contributed by atoms with van der Waals surface area (Å²) in [6, 6.07) is 6.51. The van der Waals surface area contributed by atoms with Gasteiger partial charge in [-0.3, -0.25) is 9.59 Å². The van der Waals surface area contributed by atoms with E-state index >= 15 is 0 Å². The monoisotopic (exact) mass is 396 g/mol. The van der Waals surface area contributed by atoms with E-state index in [9.17, 15) is 14.4 Å². The van der Waals surface area contributed by atoms with Gasteiger partial charge in [-0.25, -0.2) is 4.79 Å². The topological polar surface area (TPSA) is 81.8 Å². The Labute approximate surface area is 166 Å². The molecular formula is C20H20N4O3S. The van der Waals surface area contributed by atoms with Crippen LogP contribution in [0.5, 0.6) is 0 Å². The van der Waals surface area contributed by atoms with Crippen molar-refractivity contribution in [3.05, 3.63) is 53.2 Å². The summed E-state index contributed by atoms with van der Waals surface area (Å²) >= 11 is 1.59. The predicted molar refractivity (Wildman–Crippen MR) is 108 cm³/mol. The Morgan fingerprint density at radius 3 is 2.89 bits per heavy atom. The summed E-state index contributed by atoms with van der Waals surface area (Å²) in [7, 11) is 0. The maximum absolute atomic E-state index is 13.2. The second-order valence-electron chi connectivity index (χ2n) is 6.70. The van der Waals surface area contributed by atoms with Crippen molar-refractivity contribution in [3.8, 4) is 11.1 Å². The molecule has 2 aliphatic heterocycles. The molecule has 0 radical (unpaired) electrons. The lowest BCUT2D eigenvalue weighted by atomic mass is 10.0. The second-order valence-corrected chi connectivity index (χ2v) is 7.48. The normalized spacial score (nSPS) is 18.6. The summed E-state index contributed by atoms with van der Waals surface area (Å²) in [5.41, 5.74) is 2.95. The van der Waals surface area contributed by atoms with Crippen molar-refractivity contribution in [2.24, 2.45) is 0 Å². The molecule has 1 aromatic heterocycles. The summed E-state index contributed by atoms with van der Waals surface area (Å²) in [5, 5.41) is 9.57. The fourth-order valence-corrected chi connectivity index (χ4v) is 4.18. The average molecular weight is 396 g/mol. The predicted octanol–water partition coefficient (Wildman–Crippen LogP) is 2.39. The molecule has 8 heteroatoms. The zero-order chi connectivity index (χ0) is 19.7. The Bertz CT molecular complexity index is 941. The molecule has 2 aliphatic rings. The van der Waals surface area contributed by atoms with E-state index in [0.29, 0.717) is 30.9 Å². The van der Waals surface area contributed by atoms with Gasteiger partial charge < -0.3 is 20.4 Å². The third-order valence-corrected chi connectivity index (χ3v) is 5.67. The van der Waals surface area contributed by atoms with E-state index < -0.39 is 6.04 Å². The van der Waals surface area contributed by atoms with Crippen LogP contribution in [0, 0.1) is 0 Å². The van der Waals surface area contributed by atoms with E-state index in [1.54, 1.807) is 33.3 Å². The van der Waals surface area contributed by atoms with Crippen LogP contribution in [0.4, 0.5) is 10.5 Å². The van der Waals surface area contributed by atoms with E-state index in [0.717, 1.165) is 11.1 Å². The van der Waals surface area contributed by atoms with Crippen molar-refractivity contribution in [3.63, 3.8) is 0 Å². The first-order valence-corrected chi connectivity index (χ1v) is 9.95. The van der Waals surface area contributed by atoms with Gasteiger partial charge in [0, 0.05) is 19.6 Å². The van der Waals surface area contributed by atoms with E-state index in [-0.39, 0.29) is 24.4 Å². The largest absolute Gasteiger partial charge is 0.335 e. The van der Waals surface area contributed by atoms with Crippen LogP contribution in [0.2, 0.25) is 0 Å². The zero-order valence-corrected chi connectivity index (χ0v) is 16.0. The molecule has 0 spiro atoms. The van der Waals surface area contributed by atoms with Crippen LogP contribution in [0.3, 0.4) is 0 Å². The van der Waals surface area contributed by atoms with Gasteiger partial charge >= 0.3 is 6.03 Å². The molecule has 1 aromatic carbocycles. The summed E-state index contributed by atoms with van der Waals surface area (Å²) < 4.78 is 0. The first-order chi connectivity index (χ1) is 13.6. The third kappa shape index (κ3) is 3.27. The molecule has 0 bridgehead atoms. The third-order valence-electron chi connectivity index (χ3n) is 4.99. The molecule has 2 aromatic rings. The number of benzene rings is 1. The number of rotatable bonds is 3. The first-order valence-electron chi connectivity index (χ1n) is 9.00. The minimum Gasteiger partial charge on any atom is -0.335 e. The Kier molecular flexibility index (Phi) is 4.87. The Hall–Kier alpha value is -3.13. The van der Waals surface area contributed by atoms with Gasteiger partial charge in [0.25, 0.3) is 5.91 Å². The quantitative estimate of drug-likeness (QED) is 0.782. The Balaban J connectivity index is 1.61. The number of carbonyl (C=O) groups is 3. The van der Waals surface area contributed by atoms with Crippen LogP contribution < -0.4 is 10.6 Å². The lowest BCUT2D eigenvalue weighted by molar-refractivity contribution is -0.121. The van der Waals surface area contributed by atoms with Crippen molar-refractivity contribution in [2.45, 2.75) is 6.04 Å². The minimum absolute atomic E-state index is 0.159. The summed E-state index contributed by atoms with van der Waals surface area (Å²) in [6.45, 7) is 4.77. The zero-order valence-electron chi connectivity index (χ0n) is 15.2. The van der Waals surface area contributed by atoms with Gasteiger partial charge in [0.2, 0.25) is 5.91 Å². The molecule has 1 atom stereocenters. The van der Waals surface area contributed by atoms with E-state index in [2.05, 4.69) is 17.2 Å². The van der Waals surface area contributed by atoms with Gasteiger partial charge in [-0.1, -0.05) is 12.1 Å². The number of nitrogens with zero attached hydrogens (tertiary/aromatic N) is 2. The van der Waals surface area contributed by atoms with Gasteiger partial charge in [-0.05, 0) is 40.1 Å². The summed E-state index contributed by atoms with van der Waals surface area (Å²) in [4.78, 5) is 41.3. The molecule has 2 N–H and O–H groups in total. The first kappa shape index (κ1) is 18.2. The highest BCUT2D eigenvalue weighted by Gasteiger charge is 2.40. The van der Waals surface area contributed by atoms with Crippen LogP contribution in [0.15, 0.2) is 47.7 Å². The number of hydrogen-bond donors (Lipinski definition) is 2. The summed E-state index contributed by atoms with van der Waals surface area (Å²) in [5.74, 6) is -0.474. The second kappa shape index (κ2) is 7.47. The van der Waals surface area contributed by atoms with Crippen LogP contribution in [-0.4, -0.2) is 59.9 Å². The molecule has 0 saturated carbocycles. The number of urea groups is 1. The average Bonchev–Trinajstić information content (AvgIpc) is 3.23. The molecule has 1 saturated heterocycles. The standard InChI is InChI=1S/C20H20N4O3S/c1-2-6-21-20(27)23-7-8-24-17(11-23)18(25)22-16-4-3-13(10-15(16)19(24)26)14-5-9-28-12-14/h2-5,9-10,12,17H,1,6-8,11H2,(H,21,27)(H,22,25)/t17-/m0/s1. The highest BCUT2D eigenvalue weighted by Crippen LogP contribution is 2.31. The molecule has 144 valence electrons. The number of thiophene rings is 1. The number of carbonyl (C=O) groups excluding carboxylic acids is 3. The highest BCUT2D eigenvalue weighted by atomic mass is 32.1. The highest BCUT2D eigenvalue weighted by molar-refractivity contribution is 7.08. The smallest absolute Gasteiger partial charge is 0.317 e.